The topological polar surface area (TPSA) is 79.6 Å². The molecule has 1 saturated heterocycles. The molecule has 0 radical (unpaired) electrons. The third kappa shape index (κ3) is 5.07. The molecule has 1 fully saturated rings. The van der Waals surface area contributed by atoms with Crippen LogP contribution in [0.2, 0.25) is 10.0 Å². The highest BCUT2D eigenvalue weighted by atomic mass is 35.5. The predicted octanol–water partition coefficient (Wildman–Crippen LogP) is 7.18. The van der Waals surface area contributed by atoms with Crippen LogP contribution in [0.4, 0.5) is 11.4 Å². The molecular weight excluding hydrogens is 543 g/mol. The number of ether oxygens (including phenoxy) is 1. The summed E-state index contributed by atoms with van der Waals surface area (Å²) in [4.78, 5) is 18.5. The van der Waals surface area contributed by atoms with Crippen LogP contribution in [0.3, 0.4) is 0 Å². The number of nitrogens with zero attached hydrogens (tertiary/aromatic N) is 2. The summed E-state index contributed by atoms with van der Waals surface area (Å²) in [5.41, 5.74) is 2.88. The predicted molar refractivity (Wildman–Crippen MR) is 154 cm³/mol. The maximum atomic E-state index is 12.0. The van der Waals surface area contributed by atoms with E-state index < -0.39 is 0 Å². The van der Waals surface area contributed by atoms with E-state index in [1.54, 1.807) is 38.4 Å². The van der Waals surface area contributed by atoms with Crippen LogP contribution in [0.5, 0.6) is 5.75 Å². The molecule has 1 aliphatic rings. The molecule has 3 heterocycles. The summed E-state index contributed by atoms with van der Waals surface area (Å²) >= 11 is 18.4. The molecule has 0 spiro atoms. The van der Waals surface area contributed by atoms with Crippen LogP contribution >= 0.6 is 35.4 Å². The Morgan fingerprint density at radius 2 is 2.00 bits per heavy atom. The first-order chi connectivity index (χ1) is 18.4. The van der Waals surface area contributed by atoms with Crippen LogP contribution < -0.4 is 20.3 Å². The van der Waals surface area contributed by atoms with Crippen molar-refractivity contribution in [2.24, 2.45) is 0 Å². The van der Waals surface area contributed by atoms with Gasteiger partial charge in [0.1, 0.15) is 23.3 Å². The highest BCUT2D eigenvalue weighted by Crippen LogP contribution is 2.45. The standard InChI is InChI=1S/C28H24Cl2N4O3S/c1-3-25(35)32-20-10-8-17(15-24(20)36-2)34-27(26(33-28(34)38)21-6-4-5-13-31-21)23-12-11-22(37-23)18-9-7-16(29)14-19(18)30/h4-15,26-27H,3H2,1-2H3,(H,32,35)(H,33,38)/t26-,27+/m0/s1. The van der Waals surface area contributed by atoms with Crippen molar-refractivity contribution in [2.75, 3.05) is 17.3 Å². The molecule has 0 bridgehead atoms. The zero-order valence-corrected chi connectivity index (χ0v) is 22.9. The van der Waals surface area contributed by atoms with Crippen LogP contribution in [-0.2, 0) is 4.79 Å². The molecular formula is C28H24Cl2N4O3S. The molecule has 2 atom stereocenters. The highest BCUT2D eigenvalue weighted by Gasteiger charge is 2.43. The number of furan rings is 1. The number of carbonyl (C=O) groups excluding carboxylic acids is 1. The Labute approximate surface area is 235 Å². The van der Waals surface area contributed by atoms with Crippen LogP contribution in [0.1, 0.15) is 36.9 Å². The van der Waals surface area contributed by atoms with Gasteiger partial charge in [-0.15, -0.1) is 0 Å². The van der Waals surface area contributed by atoms with Crippen molar-refractivity contribution in [1.29, 1.82) is 0 Å². The number of thiocarbonyl (C=S) groups is 1. The number of benzene rings is 2. The van der Waals surface area contributed by atoms with Crippen molar-refractivity contribution in [1.82, 2.24) is 10.3 Å². The van der Waals surface area contributed by atoms with Gasteiger partial charge >= 0.3 is 0 Å². The Morgan fingerprint density at radius 3 is 2.71 bits per heavy atom. The van der Waals surface area contributed by atoms with Crippen LogP contribution in [-0.4, -0.2) is 23.1 Å². The first kappa shape index (κ1) is 26.0. The fraction of sp³-hybridized carbons (Fsp3) is 0.179. The minimum atomic E-state index is -0.377. The second-order valence-corrected chi connectivity index (χ2v) is 9.84. The van der Waals surface area contributed by atoms with Gasteiger partial charge in [0.05, 0.1) is 29.6 Å². The Bertz CT molecular complexity index is 1490. The van der Waals surface area contributed by atoms with E-state index in [0.29, 0.717) is 44.5 Å². The number of amides is 1. The second kappa shape index (κ2) is 11.0. The molecule has 5 rings (SSSR count). The Hall–Kier alpha value is -3.59. The SMILES string of the molecule is CCC(=O)Nc1ccc(N2C(=S)N[C@@H](c3ccccn3)[C@H]2c2ccc(-c3ccc(Cl)cc3Cl)o2)cc1OC. The van der Waals surface area contributed by atoms with Crippen molar-refractivity contribution < 1.29 is 13.9 Å². The number of pyridine rings is 1. The van der Waals surface area contributed by atoms with Gasteiger partial charge in [0.25, 0.3) is 0 Å². The minimum absolute atomic E-state index is 0.105. The number of aromatic nitrogens is 1. The van der Waals surface area contributed by atoms with Gasteiger partial charge in [0.15, 0.2) is 5.11 Å². The van der Waals surface area contributed by atoms with Gasteiger partial charge in [-0.05, 0) is 66.8 Å². The van der Waals surface area contributed by atoms with Gasteiger partial charge in [0.2, 0.25) is 5.91 Å². The van der Waals surface area contributed by atoms with Crippen LogP contribution in [0, 0.1) is 0 Å². The van der Waals surface area contributed by atoms with E-state index in [9.17, 15) is 4.79 Å². The molecule has 194 valence electrons. The van der Waals surface area contributed by atoms with E-state index in [2.05, 4.69) is 15.6 Å². The molecule has 0 saturated carbocycles. The molecule has 4 aromatic rings. The van der Waals surface area contributed by atoms with Crippen molar-refractivity contribution in [3.8, 4) is 17.1 Å². The average Bonchev–Trinajstić information content (AvgIpc) is 3.54. The molecule has 1 amide bonds. The molecule has 7 nitrogen and oxygen atoms in total. The Kier molecular flexibility index (Phi) is 7.56. The lowest BCUT2D eigenvalue weighted by atomic mass is 10.0. The van der Waals surface area contributed by atoms with Gasteiger partial charge in [-0.25, -0.2) is 0 Å². The van der Waals surface area contributed by atoms with Gasteiger partial charge in [-0.3, -0.25) is 9.78 Å². The molecule has 0 unspecified atom stereocenters. The first-order valence-corrected chi connectivity index (χ1v) is 13.1. The van der Waals surface area contributed by atoms with Crippen molar-refractivity contribution >= 4 is 57.8 Å². The number of rotatable bonds is 7. The zero-order chi connectivity index (χ0) is 26.8. The summed E-state index contributed by atoms with van der Waals surface area (Å²) in [6, 6.07) is 19.7. The maximum absolute atomic E-state index is 12.0. The third-order valence-corrected chi connectivity index (χ3v) is 7.13. The summed E-state index contributed by atoms with van der Waals surface area (Å²) < 4.78 is 12.0. The third-order valence-electron chi connectivity index (χ3n) is 6.27. The monoisotopic (exact) mass is 566 g/mol. The van der Waals surface area contributed by atoms with Crippen LogP contribution in [0.25, 0.3) is 11.3 Å². The fourth-order valence-corrected chi connectivity index (χ4v) is 5.29. The lowest BCUT2D eigenvalue weighted by Crippen LogP contribution is -2.29. The number of halogens is 2. The molecule has 1 aliphatic heterocycles. The minimum Gasteiger partial charge on any atom is -0.494 e. The molecule has 2 aromatic heterocycles. The largest absolute Gasteiger partial charge is 0.494 e. The van der Waals surface area contributed by atoms with Gasteiger partial charge in [-0.2, -0.15) is 0 Å². The van der Waals surface area contributed by atoms with Gasteiger partial charge in [-0.1, -0.05) is 36.2 Å². The number of carbonyl (C=O) groups is 1. The molecule has 10 heteroatoms. The molecule has 2 aromatic carbocycles. The number of methoxy groups -OCH3 is 1. The highest BCUT2D eigenvalue weighted by molar-refractivity contribution is 7.80. The summed E-state index contributed by atoms with van der Waals surface area (Å²) in [5, 5.41) is 7.81. The number of hydrogen-bond donors (Lipinski definition) is 2. The normalized spacial score (nSPS) is 16.8. The molecule has 38 heavy (non-hydrogen) atoms. The van der Waals surface area contributed by atoms with Crippen molar-refractivity contribution in [3.63, 3.8) is 0 Å². The smallest absolute Gasteiger partial charge is 0.224 e. The molecule has 2 N–H and O–H groups in total. The Balaban J connectivity index is 1.58. The fourth-order valence-electron chi connectivity index (χ4n) is 4.44. The molecule has 0 aliphatic carbocycles. The van der Waals surface area contributed by atoms with Crippen LogP contribution in [0.15, 0.2) is 77.3 Å². The second-order valence-electron chi connectivity index (χ2n) is 8.61. The van der Waals surface area contributed by atoms with E-state index in [4.69, 9.17) is 44.6 Å². The lowest BCUT2D eigenvalue weighted by molar-refractivity contribution is -0.115. The van der Waals surface area contributed by atoms with Crippen molar-refractivity contribution in [2.45, 2.75) is 25.4 Å². The number of anilines is 2. The lowest BCUT2D eigenvalue weighted by Gasteiger charge is -2.27. The van der Waals surface area contributed by atoms with E-state index in [1.807, 2.05) is 53.4 Å². The summed E-state index contributed by atoms with van der Waals surface area (Å²) in [7, 11) is 1.56. The summed E-state index contributed by atoms with van der Waals surface area (Å²) in [6.07, 6.45) is 2.10. The summed E-state index contributed by atoms with van der Waals surface area (Å²) in [5.74, 6) is 1.68. The van der Waals surface area contributed by atoms with Crippen molar-refractivity contribution in [3.05, 3.63) is 94.4 Å². The van der Waals surface area contributed by atoms with E-state index in [1.165, 1.54) is 0 Å². The first-order valence-electron chi connectivity index (χ1n) is 11.9. The van der Waals surface area contributed by atoms with Gasteiger partial charge < -0.3 is 24.7 Å². The van der Waals surface area contributed by atoms with E-state index >= 15 is 0 Å². The number of nitrogens with one attached hydrogen (secondary N) is 2. The van der Waals surface area contributed by atoms with E-state index in [-0.39, 0.29) is 18.0 Å². The van der Waals surface area contributed by atoms with E-state index in [0.717, 1.165) is 16.9 Å². The van der Waals surface area contributed by atoms with Gasteiger partial charge in [0, 0.05) is 35.0 Å². The zero-order valence-electron chi connectivity index (χ0n) is 20.6. The summed E-state index contributed by atoms with van der Waals surface area (Å²) in [6.45, 7) is 1.79. The average molecular weight is 567 g/mol. The maximum Gasteiger partial charge on any atom is 0.224 e. The Morgan fingerprint density at radius 1 is 1.16 bits per heavy atom. The number of hydrogen-bond acceptors (Lipinski definition) is 5. The quantitative estimate of drug-likeness (QED) is 0.229.